The van der Waals surface area contributed by atoms with E-state index < -0.39 is 0 Å². The van der Waals surface area contributed by atoms with Gasteiger partial charge in [-0.15, -0.1) is 10.2 Å². The first kappa shape index (κ1) is 20.1. The Labute approximate surface area is 164 Å². The van der Waals surface area contributed by atoms with Gasteiger partial charge in [0, 0.05) is 46.4 Å². The first-order valence-corrected chi connectivity index (χ1v) is 9.49. The fraction of sp³-hybridized carbons (Fsp3) is 0.526. The Kier molecular flexibility index (Phi) is 6.83. The number of benzene rings is 1. The number of hydrogen-bond donors (Lipinski definition) is 2. The normalized spacial score (nSPS) is 16.1. The molecule has 0 radical (unpaired) electrons. The third kappa shape index (κ3) is 5.20. The average Bonchev–Trinajstić information content (AvgIpc) is 3.15. The number of piperazine rings is 1. The Morgan fingerprint density at radius 3 is 2.82 bits per heavy atom. The second-order valence-electron chi connectivity index (χ2n) is 6.98. The van der Waals surface area contributed by atoms with E-state index in [2.05, 4.69) is 20.4 Å². The van der Waals surface area contributed by atoms with Crippen LogP contribution < -0.4 is 5.32 Å². The molecule has 28 heavy (non-hydrogen) atoms. The molecule has 9 nitrogen and oxygen atoms in total. The molecule has 9 heteroatoms. The van der Waals surface area contributed by atoms with Crippen LogP contribution in [0.1, 0.15) is 24.4 Å². The Morgan fingerprint density at radius 2 is 2.11 bits per heavy atom. The highest BCUT2D eigenvalue weighted by atomic mass is 16.5. The molecule has 0 spiro atoms. The molecule has 1 aromatic heterocycles. The maximum atomic E-state index is 12.6. The van der Waals surface area contributed by atoms with Crippen LogP contribution in [0.15, 0.2) is 30.6 Å². The minimum atomic E-state index is -0.239. The first-order valence-electron chi connectivity index (χ1n) is 9.49. The molecule has 1 fully saturated rings. The van der Waals surface area contributed by atoms with Gasteiger partial charge in [-0.1, -0.05) is 12.1 Å². The van der Waals surface area contributed by atoms with Crippen LogP contribution >= 0.6 is 0 Å². The Bertz CT molecular complexity index is 773. The highest BCUT2D eigenvalue weighted by molar-refractivity contribution is 5.74. The van der Waals surface area contributed by atoms with Gasteiger partial charge < -0.3 is 24.6 Å². The molecule has 1 aliphatic rings. The monoisotopic (exact) mass is 388 g/mol. The molecule has 1 aliphatic heterocycles. The van der Waals surface area contributed by atoms with Gasteiger partial charge in [0.1, 0.15) is 12.1 Å². The van der Waals surface area contributed by atoms with Crippen molar-refractivity contribution in [1.29, 1.82) is 0 Å². The lowest BCUT2D eigenvalue weighted by molar-refractivity contribution is 0.133. The summed E-state index contributed by atoms with van der Waals surface area (Å²) in [7, 11) is 1.65. The van der Waals surface area contributed by atoms with E-state index in [1.54, 1.807) is 25.6 Å². The highest BCUT2D eigenvalue weighted by Gasteiger charge is 2.24. The number of rotatable bonds is 7. The zero-order valence-electron chi connectivity index (χ0n) is 16.4. The van der Waals surface area contributed by atoms with Gasteiger partial charge >= 0.3 is 6.03 Å². The fourth-order valence-electron chi connectivity index (χ4n) is 3.32. The number of nitrogens with zero attached hydrogens (tertiary/aromatic N) is 5. The number of carbonyl (C=O) groups excluding carboxylic acids is 1. The van der Waals surface area contributed by atoms with E-state index >= 15 is 0 Å². The number of ether oxygens (including phenoxy) is 1. The van der Waals surface area contributed by atoms with E-state index in [-0.39, 0.29) is 17.8 Å². The number of nitrogens with one attached hydrogen (secondary N) is 1. The van der Waals surface area contributed by atoms with E-state index in [9.17, 15) is 9.90 Å². The second-order valence-corrected chi connectivity index (χ2v) is 6.98. The Balaban J connectivity index is 1.48. The molecule has 1 aromatic carbocycles. The van der Waals surface area contributed by atoms with Crippen molar-refractivity contribution >= 4 is 6.03 Å². The summed E-state index contributed by atoms with van der Waals surface area (Å²) in [6.45, 7) is 6.79. The first-order chi connectivity index (χ1) is 13.6. The standard InChI is InChI=1S/C19H28N6O3/c1-15(18-22-20-14-25(18)10-11-28-2)21-19(27)24-8-6-23(7-9-24)13-16-4-3-5-17(26)12-16/h3-5,12,14-15,26H,6-11,13H2,1-2H3,(H,21,27). The molecule has 2 amide bonds. The summed E-state index contributed by atoms with van der Waals surface area (Å²) in [5.74, 6) is 0.996. The molecule has 0 saturated carbocycles. The average molecular weight is 388 g/mol. The van der Waals surface area contributed by atoms with Crippen LogP contribution in [0, 0.1) is 0 Å². The third-order valence-electron chi connectivity index (χ3n) is 4.89. The van der Waals surface area contributed by atoms with Crippen LogP contribution in [0.3, 0.4) is 0 Å². The van der Waals surface area contributed by atoms with Crippen LogP contribution in [0.4, 0.5) is 4.79 Å². The molecule has 3 rings (SSSR count). The number of aromatic hydroxyl groups is 1. The van der Waals surface area contributed by atoms with E-state index in [1.165, 1.54) is 0 Å². The third-order valence-corrected chi connectivity index (χ3v) is 4.89. The van der Waals surface area contributed by atoms with Crippen molar-refractivity contribution in [3.05, 3.63) is 42.0 Å². The van der Waals surface area contributed by atoms with Crippen molar-refractivity contribution in [2.75, 3.05) is 39.9 Å². The van der Waals surface area contributed by atoms with Gasteiger partial charge in [0.2, 0.25) is 0 Å². The van der Waals surface area contributed by atoms with Crippen molar-refractivity contribution in [3.8, 4) is 5.75 Å². The van der Waals surface area contributed by atoms with Gasteiger partial charge in [0.25, 0.3) is 0 Å². The van der Waals surface area contributed by atoms with Gasteiger partial charge in [-0.3, -0.25) is 4.90 Å². The SMILES string of the molecule is COCCn1cnnc1C(C)NC(=O)N1CCN(Cc2cccc(O)c2)CC1. The van der Waals surface area contributed by atoms with Crippen LogP contribution in [0.2, 0.25) is 0 Å². The molecule has 1 saturated heterocycles. The predicted molar refractivity (Wildman–Crippen MR) is 104 cm³/mol. The minimum absolute atomic E-state index is 0.0919. The van der Waals surface area contributed by atoms with E-state index in [1.807, 2.05) is 28.5 Å². The number of aromatic nitrogens is 3. The van der Waals surface area contributed by atoms with Crippen molar-refractivity contribution < 1.29 is 14.6 Å². The van der Waals surface area contributed by atoms with E-state index in [0.717, 1.165) is 25.2 Å². The summed E-state index contributed by atoms with van der Waals surface area (Å²) < 4.78 is 6.99. The van der Waals surface area contributed by atoms with Crippen molar-refractivity contribution in [2.24, 2.45) is 0 Å². The number of phenols is 1. The quantitative estimate of drug-likeness (QED) is 0.740. The smallest absolute Gasteiger partial charge is 0.318 e. The Morgan fingerprint density at radius 1 is 1.32 bits per heavy atom. The molecule has 1 atom stereocenters. The fourth-order valence-corrected chi connectivity index (χ4v) is 3.32. The molecule has 1 unspecified atom stereocenters. The molecular weight excluding hydrogens is 360 g/mol. The summed E-state index contributed by atoms with van der Waals surface area (Å²) in [6, 6.07) is 6.97. The number of phenolic OH excluding ortho intramolecular Hbond substituents is 1. The van der Waals surface area contributed by atoms with E-state index in [4.69, 9.17) is 4.74 Å². The van der Waals surface area contributed by atoms with Crippen LogP contribution in [-0.4, -0.2) is 75.6 Å². The van der Waals surface area contributed by atoms with Crippen LogP contribution in [0.5, 0.6) is 5.75 Å². The molecule has 2 N–H and O–H groups in total. The maximum Gasteiger partial charge on any atom is 0.318 e. The van der Waals surface area contributed by atoms with Crippen LogP contribution in [-0.2, 0) is 17.8 Å². The van der Waals surface area contributed by atoms with Gasteiger partial charge in [0.15, 0.2) is 5.82 Å². The van der Waals surface area contributed by atoms with Crippen molar-refractivity contribution in [2.45, 2.75) is 26.1 Å². The van der Waals surface area contributed by atoms with Gasteiger partial charge in [0.05, 0.1) is 12.6 Å². The number of methoxy groups -OCH3 is 1. The number of amides is 2. The predicted octanol–water partition coefficient (Wildman–Crippen LogP) is 1.22. The zero-order valence-corrected chi connectivity index (χ0v) is 16.4. The number of carbonyl (C=O) groups is 1. The molecule has 2 heterocycles. The number of hydrogen-bond acceptors (Lipinski definition) is 6. The molecular formula is C19H28N6O3. The minimum Gasteiger partial charge on any atom is -0.508 e. The summed E-state index contributed by atoms with van der Waals surface area (Å²) in [6.07, 6.45) is 1.65. The zero-order chi connectivity index (χ0) is 19.9. The summed E-state index contributed by atoms with van der Waals surface area (Å²) in [5, 5.41) is 20.7. The lowest BCUT2D eigenvalue weighted by Crippen LogP contribution is -2.51. The van der Waals surface area contributed by atoms with Gasteiger partial charge in [-0.05, 0) is 24.6 Å². The maximum absolute atomic E-state index is 12.6. The summed E-state index contributed by atoms with van der Waals surface area (Å²) in [5.41, 5.74) is 1.07. The second kappa shape index (κ2) is 9.52. The number of urea groups is 1. The Hall–Kier alpha value is -2.65. The van der Waals surface area contributed by atoms with E-state index in [0.29, 0.717) is 32.1 Å². The van der Waals surface area contributed by atoms with Crippen molar-refractivity contribution in [1.82, 2.24) is 29.9 Å². The van der Waals surface area contributed by atoms with Gasteiger partial charge in [-0.25, -0.2) is 4.79 Å². The van der Waals surface area contributed by atoms with Crippen molar-refractivity contribution in [3.63, 3.8) is 0 Å². The molecule has 0 bridgehead atoms. The summed E-state index contributed by atoms with van der Waals surface area (Å²) >= 11 is 0. The molecule has 2 aromatic rings. The molecule has 0 aliphatic carbocycles. The lowest BCUT2D eigenvalue weighted by Gasteiger charge is -2.35. The highest BCUT2D eigenvalue weighted by Crippen LogP contribution is 2.15. The molecule has 152 valence electrons. The van der Waals surface area contributed by atoms with Gasteiger partial charge in [-0.2, -0.15) is 0 Å². The summed E-state index contributed by atoms with van der Waals surface area (Å²) in [4.78, 5) is 16.7. The lowest BCUT2D eigenvalue weighted by atomic mass is 10.2. The topological polar surface area (TPSA) is 95.7 Å². The largest absolute Gasteiger partial charge is 0.508 e. The van der Waals surface area contributed by atoms with Crippen LogP contribution in [0.25, 0.3) is 0 Å².